The van der Waals surface area contributed by atoms with E-state index in [4.69, 9.17) is 0 Å². The van der Waals surface area contributed by atoms with E-state index >= 15 is 0 Å². The Hall–Kier alpha value is -3.42. The van der Waals surface area contributed by atoms with Crippen LogP contribution in [0.3, 0.4) is 0 Å². The SMILES string of the molecule is Cc1ccc(S(=O)(=O)N2c3ccc(C(=O)N4CCN(C/C=C/c5ccccc5)CC4)cc3C[C@@H]2C)cc1. The quantitative estimate of drug-likeness (QED) is 0.481. The summed E-state index contributed by atoms with van der Waals surface area (Å²) in [6.45, 7) is 7.73. The van der Waals surface area contributed by atoms with Gasteiger partial charge in [-0.15, -0.1) is 0 Å². The lowest BCUT2D eigenvalue weighted by atomic mass is 10.1. The maximum Gasteiger partial charge on any atom is 0.264 e. The van der Waals surface area contributed by atoms with Gasteiger partial charge < -0.3 is 4.90 Å². The predicted molar refractivity (Wildman–Crippen MR) is 148 cm³/mol. The monoisotopic (exact) mass is 515 g/mol. The zero-order chi connectivity index (χ0) is 26.0. The van der Waals surface area contributed by atoms with Gasteiger partial charge in [0, 0.05) is 44.3 Å². The van der Waals surface area contributed by atoms with Crippen molar-refractivity contribution in [3.8, 4) is 0 Å². The third kappa shape index (κ3) is 5.33. The largest absolute Gasteiger partial charge is 0.336 e. The van der Waals surface area contributed by atoms with Crippen molar-refractivity contribution in [1.29, 1.82) is 0 Å². The molecule has 1 saturated heterocycles. The molecule has 1 atom stereocenters. The summed E-state index contributed by atoms with van der Waals surface area (Å²) in [6.07, 6.45) is 4.89. The van der Waals surface area contributed by atoms with E-state index < -0.39 is 10.0 Å². The third-order valence-corrected chi connectivity index (χ3v) is 9.13. The van der Waals surface area contributed by atoms with Crippen LogP contribution in [0.2, 0.25) is 0 Å². The van der Waals surface area contributed by atoms with Crippen LogP contribution in [0, 0.1) is 6.92 Å². The maximum absolute atomic E-state index is 13.4. The zero-order valence-electron chi connectivity index (χ0n) is 21.4. The normalized spacial score (nSPS) is 18.4. The number of aryl methyl sites for hydroxylation is 1. The number of hydrogen-bond donors (Lipinski definition) is 0. The van der Waals surface area contributed by atoms with Crippen molar-refractivity contribution in [2.24, 2.45) is 0 Å². The van der Waals surface area contributed by atoms with E-state index in [-0.39, 0.29) is 16.8 Å². The average molecular weight is 516 g/mol. The molecule has 0 spiro atoms. The molecule has 0 aromatic heterocycles. The van der Waals surface area contributed by atoms with Crippen LogP contribution in [0.5, 0.6) is 0 Å². The Bertz CT molecular complexity index is 1390. The first-order valence-corrected chi connectivity index (χ1v) is 14.2. The van der Waals surface area contributed by atoms with E-state index in [9.17, 15) is 13.2 Å². The van der Waals surface area contributed by atoms with Gasteiger partial charge in [0.05, 0.1) is 10.6 Å². The lowest BCUT2D eigenvalue weighted by Crippen LogP contribution is -2.48. The van der Waals surface area contributed by atoms with Crippen molar-refractivity contribution in [3.63, 3.8) is 0 Å². The van der Waals surface area contributed by atoms with Gasteiger partial charge in [0.1, 0.15) is 0 Å². The third-order valence-electron chi connectivity index (χ3n) is 7.19. The minimum absolute atomic E-state index is 0.00905. The van der Waals surface area contributed by atoms with Gasteiger partial charge >= 0.3 is 0 Å². The summed E-state index contributed by atoms with van der Waals surface area (Å²) in [5.41, 5.74) is 4.39. The molecule has 0 bridgehead atoms. The standard InChI is InChI=1S/C30H33N3O3S/c1-23-10-13-28(14-11-23)37(35,36)33-24(2)21-27-22-26(12-15-29(27)33)30(34)32-19-17-31(18-20-32)16-6-9-25-7-4-3-5-8-25/h3-15,22,24H,16-21H2,1-2H3/b9-6+/t24-/m0/s1. The molecule has 1 amide bonds. The highest BCUT2D eigenvalue weighted by Crippen LogP contribution is 2.37. The van der Waals surface area contributed by atoms with Crippen molar-refractivity contribution in [3.05, 3.63) is 101 Å². The number of anilines is 1. The van der Waals surface area contributed by atoms with E-state index in [1.807, 2.05) is 55.1 Å². The maximum atomic E-state index is 13.4. The Labute approximate surface area is 219 Å². The molecule has 192 valence electrons. The number of hydrogen-bond acceptors (Lipinski definition) is 4. The molecule has 2 aliphatic heterocycles. The molecule has 5 rings (SSSR count). The second kappa shape index (κ2) is 10.5. The van der Waals surface area contributed by atoms with Gasteiger partial charge in [-0.2, -0.15) is 0 Å². The topological polar surface area (TPSA) is 60.9 Å². The molecule has 2 aliphatic rings. The van der Waals surface area contributed by atoms with Crippen LogP contribution in [0.4, 0.5) is 5.69 Å². The van der Waals surface area contributed by atoms with Gasteiger partial charge in [0.2, 0.25) is 0 Å². The molecule has 0 N–H and O–H groups in total. The molecule has 0 saturated carbocycles. The lowest BCUT2D eigenvalue weighted by molar-refractivity contribution is 0.0650. The van der Waals surface area contributed by atoms with Gasteiger partial charge in [0.15, 0.2) is 0 Å². The van der Waals surface area contributed by atoms with E-state index in [1.54, 1.807) is 24.3 Å². The summed E-state index contributed by atoms with van der Waals surface area (Å²) in [4.78, 5) is 17.8. The second-order valence-corrected chi connectivity index (χ2v) is 11.7. The molecular weight excluding hydrogens is 482 g/mol. The Morgan fingerprint density at radius 2 is 1.65 bits per heavy atom. The van der Waals surface area contributed by atoms with Gasteiger partial charge in [-0.05, 0) is 61.7 Å². The Balaban J connectivity index is 1.23. The summed E-state index contributed by atoms with van der Waals surface area (Å²) in [5.74, 6) is 0.00905. The number of amides is 1. The first kappa shape index (κ1) is 25.2. The van der Waals surface area contributed by atoms with E-state index in [0.717, 1.165) is 30.8 Å². The Morgan fingerprint density at radius 1 is 0.946 bits per heavy atom. The van der Waals surface area contributed by atoms with Crippen molar-refractivity contribution in [1.82, 2.24) is 9.80 Å². The predicted octanol–water partition coefficient (Wildman–Crippen LogP) is 4.61. The van der Waals surface area contributed by atoms with Crippen molar-refractivity contribution >= 4 is 27.7 Å². The summed E-state index contributed by atoms with van der Waals surface area (Å²) in [6, 6.07) is 22.4. The number of nitrogens with zero attached hydrogens (tertiary/aromatic N) is 3. The molecule has 2 heterocycles. The Morgan fingerprint density at radius 3 is 2.35 bits per heavy atom. The van der Waals surface area contributed by atoms with Crippen molar-refractivity contribution in [2.45, 2.75) is 31.2 Å². The number of carbonyl (C=O) groups excluding carboxylic acids is 1. The molecule has 0 unspecified atom stereocenters. The molecule has 7 heteroatoms. The number of fused-ring (bicyclic) bond motifs is 1. The van der Waals surface area contributed by atoms with Gasteiger partial charge in [-0.25, -0.2) is 8.42 Å². The highest BCUT2D eigenvalue weighted by molar-refractivity contribution is 7.92. The minimum Gasteiger partial charge on any atom is -0.336 e. The number of carbonyl (C=O) groups is 1. The zero-order valence-corrected chi connectivity index (χ0v) is 22.2. The molecule has 0 aliphatic carbocycles. The van der Waals surface area contributed by atoms with Crippen LogP contribution in [-0.4, -0.2) is 62.9 Å². The number of piperazine rings is 1. The molecule has 3 aromatic carbocycles. The van der Waals surface area contributed by atoms with Crippen LogP contribution in [0.1, 0.15) is 34.0 Å². The van der Waals surface area contributed by atoms with Crippen molar-refractivity contribution in [2.75, 3.05) is 37.0 Å². The Kier molecular flexibility index (Phi) is 7.17. The van der Waals surface area contributed by atoms with Crippen LogP contribution < -0.4 is 4.31 Å². The second-order valence-electron chi connectivity index (χ2n) is 9.92. The van der Waals surface area contributed by atoms with Crippen LogP contribution >= 0.6 is 0 Å². The summed E-state index contributed by atoms with van der Waals surface area (Å²) >= 11 is 0. The average Bonchev–Trinajstić information content (AvgIpc) is 3.25. The molecule has 37 heavy (non-hydrogen) atoms. The fourth-order valence-electron chi connectivity index (χ4n) is 5.14. The molecule has 1 fully saturated rings. The number of rotatable bonds is 6. The molecule has 6 nitrogen and oxygen atoms in total. The minimum atomic E-state index is -3.68. The van der Waals surface area contributed by atoms with Gasteiger partial charge in [-0.3, -0.25) is 14.0 Å². The van der Waals surface area contributed by atoms with Crippen LogP contribution in [0.15, 0.2) is 83.8 Å². The van der Waals surface area contributed by atoms with Gasteiger partial charge in [0.25, 0.3) is 15.9 Å². The molecule has 0 radical (unpaired) electrons. The number of benzene rings is 3. The first-order chi connectivity index (χ1) is 17.8. The summed E-state index contributed by atoms with van der Waals surface area (Å²) in [5, 5.41) is 0. The van der Waals surface area contributed by atoms with E-state index in [2.05, 4.69) is 29.2 Å². The first-order valence-electron chi connectivity index (χ1n) is 12.8. The van der Waals surface area contributed by atoms with Crippen LogP contribution in [0.25, 0.3) is 6.08 Å². The van der Waals surface area contributed by atoms with Gasteiger partial charge in [-0.1, -0.05) is 60.2 Å². The molecule has 3 aromatic rings. The number of sulfonamides is 1. The summed E-state index contributed by atoms with van der Waals surface area (Å²) in [7, 11) is -3.68. The van der Waals surface area contributed by atoms with Crippen LogP contribution in [-0.2, 0) is 16.4 Å². The van der Waals surface area contributed by atoms with E-state index in [1.165, 1.54) is 9.87 Å². The fraction of sp³-hybridized carbons (Fsp3) is 0.300. The highest BCUT2D eigenvalue weighted by atomic mass is 32.2. The van der Waals surface area contributed by atoms with E-state index in [0.29, 0.717) is 30.8 Å². The van der Waals surface area contributed by atoms with Crippen molar-refractivity contribution < 1.29 is 13.2 Å². The lowest BCUT2D eigenvalue weighted by Gasteiger charge is -2.34. The fourth-order valence-corrected chi connectivity index (χ4v) is 6.84. The summed E-state index contributed by atoms with van der Waals surface area (Å²) < 4.78 is 28.3. The highest BCUT2D eigenvalue weighted by Gasteiger charge is 2.36. The molecular formula is C30H33N3O3S. The smallest absolute Gasteiger partial charge is 0.264 e.